The minimum Gasteiger partial charge on any atom is -0.478 e. The molecule has 1 N–H and O–H groups in total. The maximum absolute atomic E-state index is 9.60. The van der Waals surface area contributed by atoms with Crippen molar-refractivity contribution in [2.45, 2.75) is 6.92 Å². The molecular weight excluding hydrogens is 275 g/mol. The first-order valence-electron chi connectivity index (χ1n) is 1.53. The third-order valence-electron chi connectivity index (χ3n) is 0.365. The van der Waals surface area contributed by atoms with Crippen LogP contribution in [0.15, 0.2) is 12.2 Å². The summed E-state index contributed by atoms with van der Waals surface area (Å²) in [7, 11) is 0. The van der Waals surface area contributed by atoms with E-state index in [2.05, 4.69) is 6.58 Å². The summed E-state index contributed by atoms with van der Waals surface area (Å²) in [6.07, 6.45) is 0. The van der Waals surface area contributed by atoms with Gasteiger partial charge in [0.2, 0.25) is 0 Å². The van der Waals surface area contributed by atoms with Crippen LogP contribution in [0.5, 0.6) is 0 Å². The smallest absolute Gasteiger partial charge is 0.330 e. The van der Waals surface area contributed by atoms with E-state index in [1.165, 1.54) is 6.92 Å². The molecule has 0 aliphatic carbocycles. The topological polar surface area (TPSA) is 37.3 Å². The van der Waals surface area contributed by atoms with Crippen LogP contribution in [0.25, 0.3) is 0 Å². The van der Waals surface area contributed by atoms with E-state index in [-0.39, 0.29) is 26.6 Å². The number of aliphatic carboxylic acids is 1. The van der Waals surface area contributed by atoms with Gasteiger partial charge in [-0.3, -0.25) is 0 Å². The second-order valence-electron chi connectivity index (χ2n) is 1.09. The average molecular weight is 281 g/mol. The van der Waals surface area contributed by atoms with Crippen molar-refractivity contribution in [3.05, 3.63) is 12.2 Å². The predicted molar refractivity (Wildman–Crippen MR) is 22.4 cm³/mol. The normalized spacial score (nSPS) is 6.43. The number of hydrogen-bond acceptors (Lipinski definition) is 1. The molecule has 0 saturated carbocycles. The monoisotopic (exact) mass is 281 g/mol. The van der Waals surface area contributed by atoms with Gasteiger partial charge >= 0.3 is 5.97 Å². The molecule has 7 heavy (non-hydrogen) atoms. The van der Waals surface area contributed by atoms with Crippen molar-refractivity contribution in [2.24, 2.45) is 0 Å². The molecule has 0 aliphatic heterocycles. The number of rotatable bonds is 1. The van der Waals surface area contributed by atoms with Crippen molar-refractivity contribution in [2.75, 3.05) is 0 Å². The van der Waals surface area contributed by atoms with Crippen LogP contribution in [0.3, 0.4) is 0 Å². The molecule has 3 heteroatoms. The van der Waals surface area contributed by atoms with E-state index < -0.39 is 5.97 Å². The van der Waals surface area contributed by atoms with E-state index in [1.54, 1.807) is 0 Å². The number of carboxylic acid groups (broad SMARTS) is 1. The number of hydrogen-bond donors (Lipinski definition) is 1. The van der Waals surface area contributed by atoms with Gasteiger partial charge in [-0.25, -0.2) is 4.79 Å². The van der Waals surface area contributed by atoms with Gasteiger partial charge < -0.3 is 5.11 Å². The Balaban J connectivity index is 0. The Bertz CT molecular complexity index is 75.7. The Kier molecular flexibility index (Phi) is 5.81. The van der Waals surface area contributed by atoms with Gasteiger partial charge in [-0.15, -0.1) is 0 Å². The second-order valence-corrected chi connectivity index (χ2v) is 1.09. The SMILES string of the molecule is C=C(C)C(=O)O.[Pt]. The Hall–Kier alpha value is -0.102. The van der Waals surface area contributed by atoms with E-state index in [4.69, 9.17) is 5.11 Å². The molecule has 0 aromatic rings. The van der Waals surface area contributed by atoms with E-state index in [9.17, 15) is 4.79 Å². The van der Waals surface area contributed by atoms with Crippen LogP contribution < -0.4 is 0 Å². The zero-order valence-corrected chi connectivity index (χ0v) is 6.15. The standard InChI is InChI=1S/C4H6O2.Pt/c1-3(2)4(5)6;/h1H2,2H3,(H,5,6);. The fraction of sp³-hybridized carbons (Fsp3) is 0.250. The predicted octanol–water partition coefficient (Wildman–Crippen LogP) is 0.645. The average Bonchev–Trinajstić information content (AvgIpc) is 1.36. The van der Waals surface area contributed by atoms with Crippen molar-refractivity contribution < 1.29 is 31.0 Å². The first kappa shape index (κ1) is 10.0. The third kappa shape index (κ3) is 5.90. The first-order chi connectivity index (χ1) is 2.64. The molecule has 0 spiro atoms. The molecule has 0 aromatic carbocycles. The summed E-state index contributed by atoms with van der Waals surface area (Å²) in [6.45, 7) is 4.60. The third-order valence-corrected chi connectivity index (χ3v) is 0.365. The molecular formula is C4H6O2Pt. The molecule has 0 radical (unpaired) electrons. The molecule has 0 aliphatic rings. The molecule has 0 saturated heterocycles. The summed E-state index contributed by atoms with van der Waals surface area (Å²) < 4.78 is 0. The van der Waals surface area contributed by atoms with Gasteiger partial charge in [-0.2, -0.15) is 0 Å². The minimum atomic E-state index is -0.935. The van der Waals surface area contributed by atoms with Crippen molar-refractivity contribution >= 4 is 5.97 Å². The molecule has 44 valence electrons. The van der Waals surface area contributed by atoms with E-state index in [0.717, 1.165) is 0 Å². The van der Waals surface area contributed by atoms with Gasteiger partial charge in [0.1, 0.15) is 0 Å². The van der Waals surface area contributed by atoms with Crippen LogP contribution in [0.4, 0.5) is 0 Å². The van der Waals surface area contributed by atoms with Gasteiger partial charge in [-0.05, 0) is 6.92 Å². The van der Waals surface area contributed by atoms with Crippen molar-refractivity contribution in [1.29, 1.82) is 0 Å². The molecule has 0 unspecified atom stereocenters. The molecule has 2 nitrogen and oxygen atoms in total. The Labute approximate surface area is 56.5 Å². The van der Waals surface area contributed by atoms with Crippen LogP contribution in [0.2, 0.25) is 0 Å². The van der Waals surface area contributed by atoms with E-state index >= 15 is 0 Å². The summed E-state index contributed by atoms with van der Waals surface area (Å²) in [5.41, 5.74) is 0.176. The van der Waals surface area contributed by atoms with Gasteiger partial charge in [0.15, 0.2) is 0 Å². The van der Waals surface area contributed by atoms with E-state index in [1.807, 2.05) is 0 Å². The fourth-order valence-electron chi connectivity index (χ4n) is 0. The summed E-state index contributed by atoms with van der Waals surface area (Å²) in [4.78, 5) is 9.60. The summed E-state index contributed by atoms with van der Waals surface area (Å²) in [5, 5.41) is 7.89. The van der Waals surface area contributed by atoms with Crippen molar-refractivity contribution in [3.63, 3.8) is 0 Å². The minimum absolute atomic E-state index is 0. The van der Waals surface area contributed by atoms with Gasteiger partial charge in [-0.1, -0.05) is 6.58 Å². The molecule has 0 aromatic heterocycles. The Morgan fingerprint density at radius 3 is 1.86 bits per heavy atom. The maximum Gasteiger partial charge on any atom is 0.330 e. The van der Waals surface area contributed by atoms with Crippen LogP contribution in [0, 0.1) is 0 Å². The Morgan fingerprint density at radius 2 is 1.86 bits per heavy atom. The second kappa shape index (κ2) is 4.07. The molecule has 0 heterocycles. The number of carbonyl (C=O) groups is 1. The zero-order valence-electron chi connectivity index (χ0n) is 3.88. The molecule has 0 bridgehead atoms. The van der Waals surface area contributed by atoms with E-state index in [0.29, 0.717) is 0 Å². The zero-order chi connectivity index (χ0) is 5.15. The summed E-state index contributed by atoms with van der Waals surface area (Å²) in [5.74, 6) is -0.935. The molecule has 0 amide bonds. The van der Waals surface area contributed by atoms with Crippen LogP contribution in [-0.2, 0) is 25.9 Å². The Morgan fingerprint density at radius 1 is 1.71 bits per heavy atom. The van der Waals surface area contributed by atoms with Crippen LogP contribution >= 0.6 is 0 Å². The van der Waals surface area contributed by atoms with Crippen LogP contribution in [-0.4, -0.2) is 11.1 Å². The van der Waals surface area contributed by atoms with Crippen molar-refractivity contribution in [1.82, 2.24) is 0 Å². The van der Waals surface area contributed by atoms with Crippen molar-refractivity contribution in [3.8, 4) is 0 Å². The maximum atomic E-state index is 9.60. The van der Waals surface area contributed by atoms with Gasteiger partial charge in [0.05, 0.1) is 0 Å². The molecule has 0 fully saturated rings. The van der Waals surface area contributed by atoms with Gasteiger partial charge in [0.25, 0.3) is 0 Å². The largest absolute Gasteiger partial charge is 0.478 e. The first-order valence-corrected chi connectivity index (χ1v) is 1.53. The van der Waals surface area contributed by atoms with Crippen LogP contribution in [0.1, 0.15) is 6.92 Å². The van der Waals surface area contributed by atoms with Gasteiger partial charge in [0, 0.05) is 26.6 Å². The quantitative estimate of drug-likeness (QED) is 0.716. The molecule has 0 rings (SSSR count). The summed E-state index contributed by atoms with van der Waals surface area (Å²) >= 11 is 0. The number of carboxylic acids is 1. The summed E-state index contributed by atoms with van der Waals surface area (Å²) in [6, 6.07) is 0. The molecule has 0 atom stereocenters. The fourth-order valence-corrected chi connectivity index (χ4v) is 0.